The number of aromatic nitrogens is 4. The van der Waals surface area contributed by atoms with Crippen molar-refractivity contribution in [2.75, 3.05) is 5.73 Å². The monoisotopic (exact) mass is 343 g/mol. The van der Waals surface area contributed by atoms with Crippen LogP contribution in [0.4, 0.5) is 10.3 Å². The molecule has 2 N–H and O–H groups in total. The fourth-order valence-electron chi connectivity index (χ4n) is 2.70. The van der Waals surface area contributed by atoms with Gasteiger partial charge in [0.25, 0.3) is 0 Å². The number of fused-ring (bicyclic) bond motifs is 3. The Hall–Kier alpha value is -2.93. The van der Waals surface area contributed by atoms with E-state index in [4.69, 9.17) is 17.3 Å². The molecular formula is C16H11ClFN5O. The maximum Gasteiger partial charge on any atom is 0.353 e. The molecule has 2 aromatic heterocycles. The molecule has 2 aromatic carbocycles. The molecule has 4 rings (SSSR count). The zero-order valence-corrected chi connectivity index (χ0v) is 13.0. The van der Waals surface area contributed by atoms with Crippen LogP contribution in [-0.4, -0.2) is 19.2 Å². The van der Waals surface area contributed by atoms with Gasteiger partial charge in [-0.05, 0) is 35.9 Å². The van der Waals surface area contributed by atoms with Crippen molar-refractivity contribution in [2.45, 2.75) is 6.54 Å². The Morgan fingerprint density at radius 2 is 2.00 bits per heavy atom. The Balaban J connectivity index is 1.94. The highest BCUT2D eigenvalue weighted by atomic mass is 35.5. The molecule has 0 aliphatic heterocycles. The minimum Gasteiger partial charge on any atom is -0.369 e. The van der Waals surface area contributed by atoms with E-state index in [1.54, 1.807) is 12.1 Å². The standard InChI is InChI=1S/C16H11ClFN5O/c17-10-5-9(6-11(18)7-10)8-22-16(24)23-14(21-22)12-3-1-2-4-13(12)20-15(23)19/h1-7H,8H2,(H2,19,20). The van der Waals surface area contributed by atoms with E-state index in [2.05, 4.69) is 10.1 Å². The Labute approximate surface area is 139 Å². The van der Waals surface area contributed by atoms with E-state index in [0.717, 1.165) is 0 Å². The largest absolute Gasteiger partial charge is 0.369 e. The molecule has 0 saturated heterocycles. The quantitative estimate of drug-likeness (QED) is 0.606. The normalized spacial score (nSPS) is 11.4. The molecule has 4 aromatic rings. The molecule has 0 aliphatic carbocycles. The van der Waals surface area contributed by atoms with Gasteiger partial charge in [-0.1, -0.05) is 23.7 Å². The fourth-order valence-corrected chi connectivity index (χ4v) is 2.94. The summed E-state index contributed by atoms with van der Waals surface area (Å²) in [6.07, 6.45) is 0. The zero-order valence-electron chi connectivity index (χ0n) is 12.3. The second-order valence-corrected chi connectivity index (χ2v) is 5.80. The van der Waals surface area contributed by atoms with Gasteiger partial charge in [-0.15, -0.1) is 5.10 Å². The molecule has 0 saturated carbocycles. The summed E-state index contributed by atoms with van der Waals surface area (Å²) in [4.78, 5) is 16.8. The molecule has 6 nitrogen and oxygen atoms in total. The zero-order chi connectivity index (χ0) is 16.8. The third-order valence-electron chi connectivity index (χ3n) is 3.70. The third-order valence-corrected chi connectivity index (χ3v) is 3.92. The summed E-state index contributed by atoms with van der Waals surface area (Å²) in [5.74, 6) is -0.418. The van der Waals surface area contributed by atoms with Gasteiger partial charge in [-0.25, -0.2) is 23.3 Å². The van der Waals surface area contributed by atoms with Gasteiger partial charge >= 0.3 is 5.69 Å². The molecule has 0 atom stereocenters. The number of halogens is 2. The van der Waals surface area contributed by atoms with Crippen molar-refractivity contribution in [1.29, 1.82) is 0 Å². The van der Waals surface area contributed by atoms with Crippen LogP contribution in [0.25, 0.3) is 16.6 Å². The SMILES string of the molecule is Nc1nc2ccccc2c2nn(Cc3cc(F)cc(Cl)c3)c(=O)n12. The summed E-state index contributed by atoms with van der Waals surface area (Å²) in [7, 11) is 0. The second-order valence-electron chi connectivity index (χ2n) is 5.36. The molecule has 0 amide bonds. The highest BCUT2D eigenvalue weighted by Crippen LogP contribution is 2.18. The van der Waals surface area contributed by atoms with E-state index in [9.17, 15) is 9.18 Å². The van der Waals surface area contributed by atoms with Crippen LogP contribution in [0.3, 0.4) is 0 Å². The van der Waals surface area contributed by atoms with Crippen LogP contribution in [0.1, 0.15) is 5.56 Å². The third kappa shape index (κ3) is 2.30. The van der Waals surface area contributed by atoms with Gasteiger partial charge < -0.3 is 5.73 Å². The van der Waals surface area contributed by atoms with Gasteiger partial charge in [0.1, 0.15) is 5.82 Å². The van der Waals surface area contributed by atoms with E-state index in [-0.39, 0.29) is 17.5 Å². The van der Waals surface area contributed by atoms with Gasteiger partial charge in [0, 0.05) is 10.4 Å². The summed E-state index contributed by atoms with van der Waals surface area (Å²) >= 11 is 5.86. The van der Waals surface area contributed by atoms with Gasteiger partial charge in [0.2, 0.25) is 5.95 Å². The number of nitrogens with two attached hydrogens (primary N) is 1. The van der Waals surface area contributed by atoms with Crippen molar-refractivity contribution < 1.29 is 4.39 Å². The van der Waals surface area contributed by atoms with Gasteiger partial charge in [0.05, 0.1) is 12.1 Å². The Morgan fingerprint density at radius 3 is 2.79 bits per heavy atom. The maximum atomic E-state index is 13.5. The van der Waals surface area contributed by atoms with Crippen LogP contribution in [-0.2, 0) is 6.54 Å². The number of rotatable bonds is 2. The van der Waals surface area contributed by atoms with Crippen LogP contribution in [0.15, 0.2) is 47.3 Å². The fraction of sp³-hybridized carbons (Fsp3) is 0.0625. The van der Waals surface area contributed by atoms with Crippen LogP contribution < -0.4 is 11.4 Å². The predicted octanol–water partition coefficient (Wildman–Crippen LogP) is 2.47. The average Bonchev–Trinajstić information content (AvgIpc) is 2.84. The number of nitrogen functional groups attached to an aromatic ring is 1. The van der Waals surface area contributed by atoms with Crippen molar-refractivity contribution in [2.24, 2.45) is 0 Å². The topological polar surface area (TPSA) is 78.2 Å². The van der Waals surface area contributed by atoms with Gasteiger partial charge in [-0.2, -0.15) is 0 Å². The van der Waals surface area contributed by atoms with E-state index < -0.39 is 11.5 Å². The number of anilines is 1. The predicted molar refractivity (Wildman–Crippen MR) is 89.7 cm³/mol. The molecule has 0 fully saturated rings. The van der Waals surface area contributed by atoms with E-state index in [1.807, 2.05) is 18.2 Å². The molecule has 0 radical (unpaired) electrons. The van der Waals surface area contributed by atoms with Crippen molar-refractivity contribution in [3.63, 3.8) is 0 Å². The first kappa shape index (κ1) is 14.6. The summed E-state index contributed by atoms with van der Waals surface area (Å²) < 4.78 is 15.9. The minimum atomic E-state index is -0.471. The van der Waals surface area contributed by atoms with Crippen molar-refractivity contribution in [1.82, 2.24) is 19.2 Å². The van der Waals surface area contributed by atoms with E-state index in [0.29, 0.717) is 22.1 Å². The van der Waals surface area contributed by atoms with Crippen molar-refractivity contribution in [3.8, 4) is 0 Å². The highest BCUT2D eigenvalue weighted by molar-refractivity contribution is 6.30. The lowest BCUT2D eigenvalue weighted by Gasteiger charge is -2.01. The molecule has 0 spiro atoms. The summed E-state index contributed by atoms with van der Waals surface area (Å²) in [5, 5.41) is 5.30. The molecule has 24 heavy (non-hydrogen) atoms. The Morgan fingerprint density at radius 1 is 1.21 bits per heavy atom. The Bertz CT molecular complexity index is 1130. The number of para-hydroxylation sites is 1. The lowest BCUT2D eigenvalue weighted by atomic mass is 10.2. The summed E-state index contributed by atoms with van der Waals surface area (Å²) in [5.41, 5.74) is 7.04. The first-order chi connectivity index (χ1) is 11.5. The number of hydrogen-bond donors (Lipinski definition) is 1. The van der Waals surface area contributed by atoms with Crippen LogP contribution in [0.2, 0.25) is 5.02 Å². The first-order valence-electron chi connectivity index (χ1n) is 7.12. The summed E-state index contributed by atoms with van der Waals surface area (Å²) in [6.45, 7) is 0.0752. The summed E-state index contributed by atoms with van der Waals surface area (Å²) in [6, 6.07) is 11.4. The molecule has 0 aliphatic rings. The molecule has 0 bridgehead atoms. The van der Waals surface area contributed by atoms with Crippen molar-refractivity contribution in [3.05, 3.63) is 69.4 Å². The van der Waals surface area contributed by atoms with Crippen molar-refractivity contribution >= 4 is 34.1 Å². The lowest BCUT2D eigenvalue weighted by Crippen LogP contribution is -2.23. The smallest absolute Gasteiger partial charge is 0.353 e. The average molecular weight is 344 g/mol. The number of hydrogen-bond acceptors (Lipinski definition) is 4. The molecular weight excluding hydrogens is 333 g/mol. The van der Waals surface area contributed by atoms with E-state index in [1.165, 1.54) is 21.2 Å². The Kier molecular flexibility index (Phi) is 3.24. The number of nitrogens with zero attached hydrogens (tertiary/aromatic N) is 4. The number of benzene rings is 2. The lowest BCUT2D eigenvalue weighted by molar-refractivity contribution is 0.615. The van der Waals surface area contributed by atoms with Crippen LogP contribution >= 0.6 is 11.6 Å². The second kappa shape index (κ2) is 5.31. The van der Waals surface area contributed by atoms with Gasteiger partial charge in [0.15, 0.2) is 5.65 Å². The molecule has 120 valence electrons. The van der Waals surface area contributed by atoms with Gasteiger partial charge in [-0.3, -0.25) is 0 Å². The highest BCUT2D eigenvalue weighted by Gasteiger charge is 2.14. The van der Waals surface area contributed by atoms with E-state index >= 15 is 0 Å². The maximum absolute atomic E-state index is 13.5. The molecule has 0 unspecified atom stereocenters. The van der Waals surface area contributed by atoms with Crippen LogP contribution in [0.5, 0.6) is 0 Å². The van der Waals surface area contributed by atoms with Crippen LogP contribution in [0, 0.1) is 5.82 Å². The minimum absolute atomic E-state index is 0.0530. The molecule has 2 heterocycles. The molecule has 8 heteroatoms. The first-order valence-corrected chi connectivity index (χ1v) is 7.49.